The molecule has 0 bridgehead atoms. The van der Waals surface area contributed by atoms with Crippen LogP contribution in [0.15, 0.2) is 70.5 Å². The van der Waals surface area contributed by atoms with Crippen LogP contribution in [0.1, 0.15) is 72.3 Å². The quantitative estimate of drug-likeness (QED) is 0.104. The van der Waals surface area contributed by atoms with E-state index in [0.29, 0.717) is 44.1 Å². The van der Waals surface area contributed by atoms with E-state index < -0.39 is 65.1 Å². The second kappa shape index (κ2) is 16.9. The van der Waals surface area contributed by atoms with Crippen molar-refractivity contribution in [1.29, 1.82) is 0 Å². The Bertz CT molecular complexity index is 2740. The minimum atomic E-state index is -4.96. The molecule has 0 aliphatic rings. The first-order valence-electron chi connectivity index (χ1n) is 19.1. The number of primary amides is 2. The number of pyridine rings is 2. The van der Waals surface area contributed by atoms with Crippen molar-refractivity contribution in [2.45, 2.75) is 96.1 Å². The van der Waals surface area contributed by atoms with Crippen molar-refractivity contribution in [3.63, 3.8) is 0 Å². The number of aromatic nitrogens is 6. The third kappa shape index (κ3) is 7.69. The highest BCUT2D eigenvalue weighted by Gasteiger charge is 2.64. The summed E-state index contributed by atoms with van der Waals surface area (Å²) in [5, 5.41) is 1.11. The predicted molar refractivity (Wildman–Crippen MR) is 229 cm³/mol. The lowest BCUT2D eigenvalue weighted by Crippen LogP contribution is -2.71. The number of halogens is 7. The first-order valence-corrected chi connectivity index (χ1v) is 20.6. The molecule has 318 valence electrons. The Hall–Kier alpha value is -4.83. The Labute approximate surface area is 361 Å². The molecular formula is C41H41Cl4F3N8O4. The number of carbonyl (C=O) groups is 2. The molecule has 2 aromatic carbocycles. The van der Waals surface area contributed by atoms with Crippen LogP contribution in [-0.4, -0.2) is 46.2 Å². The van der Waals surface area contributed by atoms with Crippen molar-refractivity contribution in [3.05, 3.63) is 102 Å². The van der Waals surface area contributed by atoms with Crippen LogP contribution in [0.4, 0.5) is 13.2 Å². The maximum Gasteiger partial charge on any atom is 0.406 e. The summed E-state index contributed by atoms with van der Waals surface area (Å²) in [5.41, 5.74) is 6.42. The second-order valence-corrected chi connectivity index (χ2v) is 16.8. The molecule has 0 saturated carbocycles. The summed E-state index contributed by atoms with van der Waals surface area (Å²) in [7, 11) is 0. The average molecular weight is 909 g/mol. The summed E-state index contributed by atoms with van der Waals surface area (Å²) in [5.74, 6) is -2.56. The summed E-state index contributed by atoms with van der Waals surface area (Å²) in [6.45, 7) is 5.17. The maximum atomic E-state index is 15.2. The van der Waals surface area contributed by atoms with Crippen LogP contribution >= 0.6 is 46.4 Å². The Balaban J connectivity index is 1.82. The van der Waals surface area contributed by atoms with Gasteiger partial charge < -0.3 is 11.5 Å². The minimum absolute atomic E-state index is 0.0895. The fourth-order valence-corrected chi connectivity index (χ4v) is 9.30. The van der Waals surface area contributed by atoms with E-state index in [1.807, 2.05) is 0 Å². The zero-order valence-electron chi connectivity index (χ0n) is 32.9. The Morgan fingerprint density at radius 1 is 0.650 bits per heavy atom. The molecule has 2 unspecified atom stereocenters. The number of rotatable bonds is 15. The van der Waals surface area contributed by atoms with Gasteiger partial charge in [0.2, 0.25) is 11.8 Å². The number of fused-ring (bicyclic) bond motifs is 2. The van der Waals surface area contributed by atoms with Crippen molar-refractivity contribution in [2.24, 2.45) is 11.5 Å². The van der Waals surface area contributed by atoms with Crippen LogP contribution < -0.4 is 22.8 Å². The number of hydrogen-bond donors (Lipinski definition) is 2. The lowest BCUT2D eigenvalue weighted by molar-refractivity contribution is -0.147. The Kier molecular flexibility index (Phi) is 12.6. The lowest BCUT2D eigenvalue weighted by atomic mass is 9.68. The van der Waals surface area contributed by atoms with Crippen molar-refractivity contribution in [2.75, 3.05) is 0 Å². The molecule has 4 heterocycles. The van der Waals surface area contributed by atoms with Gasteiger partial charge in [0.15, 0.2) is 22.4 Å². The van der Waals surface area contributed by atoms with Crippen LogP contribution in [0.5, 0.6) is 0 Å². The molecule has 2 atom stereocenters. The highest BCUT2D eigenvalue weighted by molar-refractivity contribution is 6.35. The van der Waals surface area contributed by atoms with E-state index in [4.69, 9.17) is 62.9 Å². The van der Waals surface area contributed by atoms with Crippen molar-refractivity contribution < 1.29 is 22.8 Å². The fraction of sp³-hybridized carbons (Fsp3) is 0.366. The number of carbonyl (C=O) groups excluding carboxylic acids is 2. The predicted octanol–water partition coefficient (Wildman–Crippen LogP) is 9.24. The lowest BCUT2D eigenvalue weighted by Gasteiger charge is -2.47. The van der Waals surface area contributed by atoms with E-state index in [0.717, 1.165) is 9.13 Å². The van der Waals surface area contributed by atoms with Gasteiger partial charge in [-0.1, -0.05) is 85.9 Å². The van der Waals surface area contributed by atoms with E-state index in [1.165, 1.54) is 41.2 Å². The molecule has 0 saturated heterocycles. The number of alkyl halides is 3. The Morgan fingerprint density at radius 2 is 1.05 bits per heavy atom. The van der Waals surface area contributed by atoms with Crippen LogP contribution in [0, 0.1) is 0 Å². The Morgan fingerprint density at radius 3 is 1.43 bits per heavy atom. The third-order valence-corrected chi connectivity index (χ3v) is 11.7. The minimum Gasteiger partial charge on any atom is -0.368 e. The number of hydrogen-bond acceptors (Lipinski definition) is 6. The van der Waals surface area contributed by atoms with Gasteiger partial charge in [0.05, 0.1) is 11.0 Å². The summed E-state index contributed by atoms with van der Waals surface area (Å²) >= 11 is 25.2. The monoisotopic (exact) mass is 906 g/mol. The maximum absolute atomic E-state index is 15.2. The van der Waals surface area contributed by atoms with Crippen molar-refractivity contribution in [1.82, 2.24) is 28.2 Å². The van der Waals surface area contributed by atoms with Crippen LogP contribution in [-0.2, 0) is 27.2 Å². The van der Waals surface area contributed by atoms with Crippen molar-refractivity contribution >= 4 is 80.5 Å². The molecule has 2 amide bonds. The zero-order valence-corrected chi connectivity index (χ0v) is 35.9. The highest BCUT2D eigenvalue weighted by Crippen LogP contribution is 2.47. The van der Waals surface area contributed by atoms with E-state index in [2.05, 4.69) is 4.98 Å². The molecule has 4 N–H and O–H groups in total. The standard InChI is InChI=1S/C41H41Cl4F3N8O4/c1-5-7-9-39(35(49)57,55-33-31(53(37(55)59)21-41(46,47)48)15-25(19-51-33)23-11-27(42)17-28(43)12-23)40(36(50)58,10-8-6-2)56-34-32(54(22(3)4)38(56)60)16-26(20-52-34)24-13-29(44)18-30(45)14-24/h11-20,22H,5-10,21H2,1-4H3,(H2,49,57)(H2,50,58). The molecule has 6 rings (SSSR count). The first kappa shape index (κ1) is 44.7. The van der Waals surface area contributed by atoms with E-state index >= 15 is 4.79 Å². The molecule has 12 nitrogen and oxygen atoms in total. The molecule has 0 aliphatic heterocycles. The molecule has 0 radical (unpaired) electrons. The van der Waals surface area contributed by atoms with Crippen LogP contribution in [0.25, 0.3) is 44.6 Å². The zero-order chi connectivity index (χ0) is 44.1. The molecule has 0 fully saturated rings. The van der Waals surface area contributed by atoms with Gasteiger partial charge in [0.25, 0.3) is 0 Å². The number of nitrogens with two attached hydrogens (primary N) is 2. The topological polar surface area (TPSA) is 166 Å². The van der Waals surface area contributed by atoms with E-state index in [-0.39, 0.29) is 51.6 Å². The molecule has 0 aliphatic carbocycles. The number of imidazole rings is 2. The van der Waals surface area contributed by atoms with Gasteiger partial charge in [-0.25, -0.2) is 19.6 Å². The van der Waals surface area contributed by atoms with Gasteiger partial charge in [-0.05, 0) is 86.3 Å². The molecular weight excluding hydrogens is 867 g/mol. The van der Waals surface area contributed by atoms with Gasteiger partial charge in [-0.2, -0.15) is 13.2 Å². The molecule has 0 spiro atoms. The smallest absolute Gasteiger partial charge is 0.368 e. The molecule has 19 heteroatoms. The normalized spacial score (nSPS) is 14.2. The number of amides is 2. The van der Waals surface area contributed by atoms with Gasteiger partial charge in [-0.3, -0.25) is 27.9 Å². The summed E-state index contributed by atoms with van der Waals surface area (Å²) < 4.78 is 46.9. The molecule has 60 heavy (non-hydrogen) atoms. The van der Waals surface area contributed by atoms with Gasteiger partial charge in [-0.15, -0.1) is 0 Å². The summed E-state index contributed by atoms with van der Waals surface area (Å²) in [6.07, 6.45) is -2.11. The summed E-state index contributed by atoms with van der Waals surface area (Å²) in [6, 6.07) is 11.6. The first-order chi connectivity index (χ1) is 28.2. The fourth-order valence-electron chi connectivity index (χ4n) is 8.25. The van der Waals surface area contributed by atoms with Gasteiger partial charge in [0, 0.05) is 49.7 Å². The van der Waals surface area contributed by atoms with Gasteiger partial charge in [0.1, 0.15) is 6.54 Å². The number of unbranched alkanes of at least 4 members (excludes halogenated alkanes) is 2. The van der Waals surface area contributed by atoms with Crippen LogP contribution in [0.2, 0.25) is 20.1 Å². The number of benzene rings is 2. The largest absolute Gasteiger partial charge is 0.406 e. The third-order valence-electron chi connectivity index (χ3n) is 10.8. The SMILES string of the molecule is CCCCC(C(N)=O)(n1c(=O)n(CC(F)(F)F)c2cc(-c3cc(Cl)cc(Cl)c3)cnc21)C(CCCC)(C(N)=O)n1c(=O)n(C(C)C)c2cc(-c3cc(Cl)cc(Cl)c3)cnc21. The van der Waals surface area contributed by atoms with E-state index in [1.54, 1.807) is 52.0 Å². The van der Waals surface area contributed by atoms with E-state index in [9.17, 15) is 27.6 Å². The van der Waals surface area contributed by atoms with Gasteiger partial charge >= 0.3 is 17.6 Å². The van der Waals surface area contributed by atoms with Crippen LogP contribution in [0.3, 0.4) is 0 Å². The highest BCUT2D eigenvalue weighted by atomic mass is 35.5. The van der Waals surface area contributed by atoms with Crippen molar-refractivity contribution in [3.8, 4) is 22.3 Å². The number of nitrogens with zero attached hydrogens (tertiary/aromatic N) is 6. The molecule has 6 aromatic rings. The average Bonchev–Trinajstić information content (AvgIpc) is 3.60. The second-order valence-electron chi connectivity index (χ2n) is 15.0. The summed E-state index contributed by atoms with van der Waals surface area (Å²) in [4.78, 5) is 68.9. The molecule has 4 aromatic heterocycles.